The van der Waals surface area contributed by atoms with Crippen molar-refractivity contribution in [3.8, 4) is 0 Å². The van der Waals surface area contributed by atoms with E-state index in [1.807, 2.05) is 5.59 Å². The quantitative estimate of drug-likeness (QED) is 0.431. The number of rotatable bonds is 2. The summed E-state index contributed by atoms with van der Waals surface area (Å²) in [6, 6.07) is 0.519. The summed E-state index contributed by atoms with van der Waals surface area (Å²) in [6.07, 6.45) is 3.67. The van der Waals surface area contributed by atoms with Crippen molar-refractivity contribution in [3.05, 3.63) is 0 Å². The molecule has 0 atom stereocenters. The lowest BCUT2D eigenvalue weighted by molar-refractivity contribution is 0.0866. The fraction of sp³-hybridized carbons (Fsp3) is 1.00. The average Bonchev–Trinajstić information content (AvgIpc) is 1.55. The first kappa shape index (κ1) is 5.03. The number of hydrazine groups is 1. The topological polar surface area (TPSA) is 44.3 Å². The van der Waals surface area contributed by atoms with Crippen LogP contribution < -0.4 is 11.0 Å². The van der Waals surface area contributed by atoms with Gasteiger partial charge in [-0.2, -0.15) is 0 Å². The van der Waals surface area contributed by atoms with Crippen molar-refractivity contribution < 1.29 is 5.21 Å². The summed E-state index contributed by atoms with van der Waals surface area (Å²) < 4.78 is 0. The Morgan fingerprint density at radius 3 is 2.29 bits per heavy atom. The Morgan fingerprint density at radius 2 is 2.14 bits per heavy atom. The second-order valence-electron chi connectivity index (χ2n) is 1.88. The van der Waals surface area contributed by atoms with E-state index in [2.05, 4.69) is 5.43 Å². The van der Waals surface area contributed by atoms with E-state index >= 15 is 0 Å². The third kappa shape index (κ3) is 1.12. The zero-order valence-corrected chi connectivity index (χ0v) is 4.15. The van der Waals surface area contributed by atoms with Crippen molar-refractivity contribution in [1.29, 1.82) is 0 Å². The second-order valence-corrected chi connectivity index (χ2v) is 1.88. The van der Waals surface area contributed by atoms with Crippen LogP contribution in [-0.2, 0) is 0 Å². The van der Waals surface area contributed by atoms with Crippen molar-refractivity contribution >= 4 is 0 Å². The normalized spacial score (nSPS) is 21.9. The molecule has 0 aromatic carbocycles. The molecular formula is C4H10N2O. The Hall–Kier alpha value is -0.120. The van der Waals surface area contributed by atoms with Crippen LogP contribution in [0.3, 0.4) is 0 Å². The third-order valence-electron chi connectivity index (χ3n) is 1.37. The first-order valence-corrected chi connectivity index (χ1v) is 2.58. The molecular weight excluding hydrogens is 92.1 g/mol. The Balaban J connectivity index is 1.93. The zero-order valence-electron chi connectivity index (χ0n) is 4.15. The van der Waals surface area contributed by atoms with E-state index in [4.69, 9.17) is 5.21 Å². The van der Waals surface area contributed by atoms with Crippen LogP contribution in [0.25, 0.3) is 0 Å². The molecule has 0 spiro atoms. The van der Waals surface area contributed by atoms with Crippen LogP contribution in [0.15, 0.2) is 0 Å². The molecule has 0 aromatic rings. The summed E-state index contributed by atoms with van der Waals surface area (Å²) in [5.41, 5.74) is 4.61. The Kier molecular flexibility index (Phi) is 1.62. The lowest BCUT2D eigenvalue weighted by Gasteiger charge is -2.24. The molecule has 0 bridgehead atoms. The molecule has 1 aliphatic rings. The molecule has 3 heteroatoms. The van der Waals surface area contributed by atoms with Gasteiger partial charge in [-0.15, -0.1) is 5.59 Å². The van der Waals surface area contributed by atoms with Crippen LogP contribution in [0.2, 0.25) is 0 Å². The highest BCUT2D eigenvalue weighted by molar-refractivity contribution is 4.72. The number of hydrogen-bond donors (Lipinski definition) is 3. The van der Waals surface area contributed by atoms with Crippen LogP contribution >= 0.6 is 0 Å². The van der Waals surface area contributed by atoms with Gasteiger partial charge in [0.15, 0.2) is 0 Å². The monoisotopic (exact) mass is 102 g/mol. The first-order valence-electron chi connectivity index (χ1n) is 2.58. The first-order chi connectivity index (χ1) is 3.43. The molecule has 3 nitrogen and oxygen atoms in total. The van der Waals surface area contributed by atoms with Gasteiger partial charge in [0.05, 0.1) is 0 Å². The Labute approximate surface area is 42.6 Å². The van der Waals surface area contributed by atoms with E-state index in [1.54, 1.807) is 0 Å². The summed E-state index contributed by atoms with van der Waals surface area (Å²) in [5.74, 6) is 0. The van der Waals surface area contributed by atoms with E-state index in [0.29, 0.717) is 6.04 Å². The third-order valence-corrected chi connectivity index (χ3v) is 1.37. The van der Waals surface area contributed by atoms with Crippen LogP contribution in [0.4, 0.5) is 0 Å². The predicted octanol–water partition coefficient (Wildman–Crippen LogP) is 0.0223. The lowest BCUT2D eigenvalue weighted by atomic mass is 9.94. The summed E-state index contributed by atoms with van der Waals surface area (Å²) in [4.78, 5) is 0. The highest BCUT2D eigenvalue weighted by atomic mass is 16.5. The Bertz CT molecular complexity index is 53.7. The fourth-order valence-corrected chi connectivity index (χ4v) is 0.644. The van der Waals surface area contributed by atoms with E-state index < -0.39 is 0 Å². The van der Waals surface area contributed by atoms with Gasteiger partial charge in [-0.1, -0.05) is 6.42 Å². The molecule has 7 heavy (non-hydrogen) atoms. The summed E-state index contributed by atoms with van der Waals surface area (Å²) in [6.45, 7) is 0. The largest absolute Gasteiger partial charge is 0.302 e. The van der Waals surface area contributed by atoms with Crippen molar-refractivity contribution in [3.63, 3.8) is 0 Å². The minimum Gasteiger partial charge on any atom is -0.302 e. The highest BCUT2D eigenvalue weighted by Gasteiger charge is 2.15. The Morgan fingerprint density at radius 1 is 1.43 bits per heavy atom. The molecule has 0 radical (unpaired) electrons. The van der Waals surface area contributed by atoms with Crippen molar-refractivity contribution in [1.82, 2.24) is 11.0 Å². The van der Waals surface area contributed by atoms with E-state index in [-0.39, 0.29) is 0 Å². The molecule has 0 aromatic heterocycles. The van der Waals surface area contributed by atoms with Gasteiger partial charge in [0.2, 0.25) is 0 Å². The molecule has 42 valence electrons. The van der Waals surface area contributed by atoms with Crippen LogP contribution in [0.5, 0.6) is 0 Å². The van der Waals surface area contributed by atoms with E-state index in [9.17, 15) is 0 Å². The maximum Gasteiger partial charge on any atom is 0.0234 e. The van der Waals surface area contributed by atoms with E-state index in [1.165, 1.54) is 19.3 Å². The van der Waals surface area contributed by atoms with Gasteiger partial charge in [0, 0.05) is 6.04 Å². The van der Waals surface area contributed by atoms with Crippen LogP contribution in [-0.4, -0.2) is 11.2 Å². The standard InChI is InChI=1S/C4H10N2O/c7-6-5-4-2-1-3-4/h4-7H,1-3H2. The zero-order chi connectivity index (χ0) is 5.11. The highest BCUT2D eigenvalue weighted by Crippen LogP contribution is 2.16. The summed E-state index contributed by atoms with van der Waals surface area (Å²) in [7, 11) is 0. The van der Waals surface area contributed by atoms with Gasteiger partial charge in [-0.05, 0) is 12.8 Å². The maximum atomic E-state index is 8.04. The maximum absolute atomic E-state index is 8.04. The molecule has 1 rings (SSSR count). The average molecular weight is 102 g/mol. The molecule has 0 aliphatic heterocycles. The second kappa shape index (κ2) is 2.26. The molecule has 1 saturated carbocycles. The minimum absolute atomic E-state index is 0.519. The van der Waals surface area contributed by atoms with Crippen molar-refractivity contribution in [2.45, 2.75) is 25.3 Å². The molecule has 1 aliphatic carbocycles. The van der Waals surface area contributed by atoms with Crippen LogP contribution in [0.1, 0.15) is 19.3 Å². The van der Waals surface area contributed by atoms with Gasteiger partial charge in [-0.3, -0.25) is 0 Å². The SMILES string of the molecule is ONNC1CCC1. The molecule has 3 N–H and O–H groups in total. The molecule has 1 fully saturated rings. The molecule has 0 heterocycles. The van der Waals surface area contributed by atoms with Gasteiger partial charge < -0.3 is 5.21 Å². The fourth-order valence-electron chi connectivity index (χ4n) is 0.644. The van der Waals surface area contributed by atoms with Gasteiger partial charge in [0.1, 0.15) is 0 Å². The van der Waals surface area contributed by atoms with Gasteiger partial charge in [0.25, 0.3) is 0 Å². The molecule has 0 saturated heterocycles. The minimum atomic E-state index is 0.519. The van der Waals surface area contributed by atoms with Crippen molar-refractivity contribution in [2.24, 2.45) is 0 Å². The smallest absolute Gasteiger partial charge is 0.0234 e. The summed E-state index contributed by atoms with van der Waals surface area (Å²) in [5, 5.41) is 8.04. The lowest BCUT2D eigenvalue weighted by Crippen LogP contribution is -2.42. The summed E-state index contributed by atoms with van der Waals surface area (Å²) >= 11 is 0. The molecule has 0 amide bonds. The van der Waals surface area contributed by atoms with Crippen molar-refractivity contribution in [2.75, 3.05) is 0 Å². The predicted molar refractivity (Wildman–Crippen MR) is 25.7 cm³/mol. The van der Waals surface area contributed by atoms with Gasteiger partial charge >= 0.3 is 0 Å². The van der Waals surface area contributed by atoms with Crippen LogP contribution in [0, 0.1) is 0 Å². The van der Waals surface area contributed by atoms with Gasteiger partial charge in [-0.25, -0.2) is 5.43 Å². The number of hydrogen-bond acceptors (Lipinski definition) is 3. The number of nitrogens with one attached hydrogen (secondary N) is 2. The van der Waals surface area contributed by atoms with E-state index in [0.717, 1.165) is 0 Å². The molecule has 0 unspecified atom stereocenters.